The number of hydrogen-bond donors (Lipinski definition) is 2. The van der Waals surface area contributed by atoms with Crippen molar-refractivity contribution in [2.45, 2.75) is 40.0 Å². The van der Waals surface area contributed by atoms with E-state index in [9.17, 15) is 14.3 Å². The number of halogens is 1. The van der Waals surface area contributed by atoms with E-state index in [-0.39, 0.29) is 17.8 Å². The van der Waals surface area contributed by atoms with Crippen LogP contribution in [0.5, 0.6) is 5.75 Å². The van der Waals surface area contributed by atoms with E-state index in [0.29, 0.717) is 48.3 Å². The number of carbonyl (C=O) groups is 1. The highest BCUT2D eigenvalue weighted by Gasteiger charge is 2.14. The molecule has 0 radical (unpaired) electrons. The van der Waals surface area contributed by atoms with E-state index >= 15 is 0 Å². The zero-order valence-corrected chi connectivity index (χ0v) is 19.6. The van der Waals surface area contributed by atoms with Gasteiger partial charge in [0, 0.05) is 24.1 Å². The molecule has 3 aromatic rings. The lowest BCUT2D eigenvalue weighted by Gasteiger charge is -2.11. The van der Waals surface area contributed by atoms with E-state index in [2.05, 4.69) is 10.5 Å². The first-order valence-corrected chi connectivity index (χ1v) is 11.1. The monoisotopic (exact) mass is 468 g/mol. The number of oxazole rings is 1. The van der Waals surface area contributed by atoms with Gasteiger partial charge in [0.2, 0.25) is 5.89 Å². The SMILES string of the molecule is CCCONC(C)=C(Cc1ccc(OCCc2nc(-c3ccc(F)cc3)oc2C)cc1)C(=O)O. The van der Waals surface area contributed by atoms with Crippen LogP contribution < -0.4 is 10.2 Å². The summed E-state index contributed by atoms with van der Waals surface area (Å²) < 4.78 is 24.7. The molecule has 0 saturated carbocycles. The molecule has 0 fully saturated rings. The number of ether oxygens (including phenoxy) is 1. The average molecular weight is 469 g/mol. The highest BCUT2D eigenvalue weighted by Crippen LogP contribution is 2.23. The van der Waals surface area contributed by atoms with Crippen LogP contribution in [0.4, 0.5) is 4.39 Å². The number of allylic oxidation sites excluding steroid dienone is 1. The minimum Gasteiger partial charge on any atom is -0.493 e. The van der Waals surface area contributed by atoms with Gasteiger partial charge in [0.05, 0.1) is 24.5 Å². The van der Waals surface area contributed by atoms with Crippen molar-refractivity contribution in [3.8, 4) is 17.2 Å². The summed E-state index contributed by atoms with van der Waals surface area (Å²) in [4.78, 5) is 21.4. The van der Waals surface area contributed by atoms with Crippen LogP contribution in [0.2, 0.25) is 0 Å². The second-order valence-corrected chi connectivity index (χ2v) is 7.81. The number of aryl methyl sites for hydroxylation is 1. The van der Waals surface area contributed by atoms with E-state index in [0.717, 1.165) is 17.7 Å². The number of rotatable bonds is 12. The number of nitrogens with one attached hydrogen (secondary N) is 1. The topological polar surface area (TPSA) is 93.8 Å². The number of hydrogen-bond acceptors (Lipinski definition) is 6. The van der Waals surface area contributed by atoms with E-state index in [1.165, 1.54) is 12.1 Å². The first-order chi connectivity index (χ1) is 16.4. The predicted molar refractivity (Wildman–Crippen MR) is 126 cm³/mol. The Kier molecular flexibility index (Phi) is 8.81. The maximum Gasteiger partial charge on any atom is 0.333 e. The van der Waals surface area contributed by atoms with Crippen LogP contribution in [0.1, 0.15) is 37.3 Å². The number of hydroxylamine groups is 1. The zero-order chi connectivity index (χ0) is 24.5. The van der Waals surface area contributed by atoms with Crippen molar-refractivity contribution in [3.05, 3.63) is 82.6 Å². The summed E-state index contributed by atoms with van der Waals surface area (Å²) in [6, 6.07) is 13.3. The molecule has 2 aromatic carbocycles. The van der Waals surface area contributed by atoms with Crippen molar-refractivity contribution >= 4 is 5.97 Å². The van der Waals surface area contributed by atoms with Gasteiger partial charge in [-0.05, 0) is 62.2 Å². The van der Waals surface area contributed by atoms with Gasteiger partial charge in [0.15, 0.2) is 0 Å². The third-order valence-electron chi connectivity index (χ3n) is 5.14. The molecule has 7 nitrogen and oxygen atoms in total. The van der Waals surface area contributed by atoms with E-state index < -0.39 is 5.97 Å². The quantitative estimate of drug-likeness (QED) is 0.213. The van der Waals surface area contributed by atoms with Crippen LogP contribution in [-0.4, -0.2) is 29.3 Å². The number of benzene rings is 2. The summed E-state index contributed by atoms with van der Waals surface area (Å²) in [5.74, 6) is 0.510. The first kappa shape index (κ1) is 25.0. The van der Waals surface area contributed by atoms with Gasteiger partial charge in [-0.25, -0.2) is 14.2 Å². The minimum absolute atomic E-state index is 0.239. The Bertz CT molecular complexity index is 1120. The Labute approximate surface area is 198 Å². The summed E-state index contributed by atoms with van der Waals surface area (Å²) in [6.07, 6.45) is 1.64. The van der Waals surface area contributed by atoms with Crippen molar-refractivity contribution in [1.82, 2.24) is 10.5 Å². The second-order valence-electron chi connectivity index (χ2n) is 7.81. The van der Waals surface area contributed by atoms with Crippen molar-refractivity contribution in [2.75, 3.05) is 13.2 Å². The van der Waals surface area contributed by atoms with Gasteiger partial charge in [-0.1, -0.05) is 19.1 Å². The van der Waals surface area contributed by atoms with Crippen LogP contribution in [0, 0.1) is 12.7 Å². The molecular weight excluding hydrogens is 439 g/mol. The molecule has 8 heteroatoms. The fourth-order valence-corrected chi connectivity index (χ4v) is 3.24. The van der Waals surface area contributed by atoms with Crippen molar-refractivity contribution < 1.29 is 28.3 Å². The summed E-state index contributed by atoms with van der Waals surface area (Å²) in [6.45, 7) is 6.39. The van der Waals surface area contributed by atoms with Crippen LogP contribution in [-0.2, 0) is 22.5 Å². The lowest BCUT2D eigenvalue weighted by molar-refractivity contribution is -0.132. The number of carboxylic acid groups (broad SMARTS) is 1. The molecule has 0 bridgehead atoms. The van der Waals surface area contributed by atoms with Gasteiger partial charge in [-0.3, -0.25) is 10.3 Å². The number of aromatic nitrogens is 1. The molecule has 2 N–H and O–H groups in total. The summed E-state index contributed by atoms with van der Waals surface area (Å²) in [7, 11) is 0. The molecule has 180 valence electrons. The zero-order valence-electron chi connectivity index (χ0n) is 19.6. The Hall–Kier alpha value is -3.65. The lowest BCUT2D eigenvalue weighted by atomic mass is 10.0. The fourth-order valence-electron chi connectivity index (χ4n) is 3.24. The van der Waals surface area contributed by atoms with Gasteiger partial charge < -0.3 is 14.3 Å². The normalized spacial score (nSPS) is 11.8. The molecule has 34 heavy (non-hydrogen) atoms. The molecule has 1 heterocycles. The third kappa shape index (κ3) is 6.92. The molecule has 0 unspecified atom stereocenters. The van der Waals surface area contributed by atoms with Crippen LogP contribution in [0.15, 0.2) is 64.2 Å². The molecule has 0 saturated heterocycles. The standard InChI is InChI=1S/C26H29FN2O5/c1-4-14-33-29-17(2)23(26(30)31)16-19-5-11-22(12-6-19)32-15-13-24-18(3)34-25(28-24)20-7-9-21(27)10-8-20/h5-12,29H,4,13-16H2,1-3H3,(H,30,31). The van der Waals surface area contributed by atoms with Crippen LogP contribution in [0.3, 0.4) is 0 Å². The average Bonchev–Trinajstić information content (AvgIpc) is 3.19. The molecular formula is C26H29FN2O5. The summed E-state index contributed by atoms with van der Waals surface area (Å²) >= 11 is 0. The largest absolute Gasteiger partial charge is 0.493 e. The third-order valence-corrected chi connectivity index (χ3v) is 5.14. The van der Waals surface area contributed by atoms with Crippen LogP contribution in [0.25, 0.3) is 11.5 Å². The number of nitrogens with zero attached hydrogens (tertiary/aromatic N) is 1. The van der Waals surface area contributed by atoms with Gasteiger partial charge in [0.1, 0.15) is 17.3 Å². The highest BCUT2D eigenvalue weighted by atomic mass is 19.1. The molecule has 3 rings (SSSR count). The molecule has 0 atom stereocenters. The predicted octanol–water partition coefficient (Wildman–Crippen LogP) is 5.24. The Morgan fingerprint density at radius 1 is 1.12 bits per heavy atom. The smallest absolute Gasteiger partial charge is 0.333 e. The molecule has 1 aromatic heterocycles. The van der Waals surface area contributed by atoms with E-state index in [4.69, 9.17) is 14.0 Å². The molecule has 0 amide bonds. The van der Waals surface area contributed by atoms with Crippen LogP contribution >= 0.6 is 0 Å². The Balaban J connectivity index is 1.55. The van der Waals surface area contributed by atoms with Gasteiger partial charge in [-0.2, -0.15) is 0 Å². The second kappa shape index (κ2) is 12.0. The van der Waals surface area contributed by atoms with E-state index in [1.54, 1.807) is 19.1 Å². The highest BCUT2D eigenvalue weighted by molar-refractivity contribution is 5.87. The fraction of sp³-hybridized carbons (Fsp3) is 0.308. The Morgan fingerprint density at radius 2 is 1.82 bits per heavy atom. The van der Waals surface area contributed by atoms with Gasteiger partial charge in [0.25, 0.3) is 0 Å². The number of carboxylic acids is 1. The first-order valence-electron chi connectivity index (χ1n) is 11.1. The van der Waals surface area contributed by atoms with Gasteiger partial charge in [-0.15, -0.1) is 0 Å². The summed E-state index contributed by atoms with van der Waals surface area (Å²) in [5.41, 5.74) is 5.75. The lowest BCUT2D eigenvalue weighted by Crippen LogP contribution is -2.18. The molecule has 0 aliphatic heterocycles. The maximum absolute atomic E-state index is 13.1. The molecule has 0 aliphatic carbocycles. The van der Waals surface area contributed by atoms with E-state index in [1.807, 2.05) is 38.1 Å². The summed E-state index contributed by atoms with van der Waals surface area (Å²) in [5, 5.41) is 9.54. The Morgan fingerprint density at radius 3 is 2.47 bits per heavy atom. The molecule has 0 aliphatic rings. The van der Waals surface area contributed by atoms with Crippen molar-refractivity contribution in [1.29, 1.82) is 0 Å². The number of aliphatic carboxylic acids is 1. The van der Waals surface area contributed by atoms with Crippen molar-refractivity contribution in [2.24, 2.45) is 0 Å². The maximum atomic E-state index is 13.1. The van der Waals surface area contributed by atoms with Crippen molar-refractivity contribution in [3.63, 3.8) is 0 Å². The van der Waals surface area contributed by atoms with Gasteiger partial charge >= 0.3 is 5.97 Å². The minimum atomic E-state index is -0.992. The molecule has 0 spiro atoms.